The number of anilines is 2. The second-order valence-electron chi connectivity index (χ2n) is 4.51. The van der Waals surface area contributed by atoms with Crippen molar-refractivity contribution < 1.29 is 9.53 Å². The quantitative estimate of drug-likeness (QED) is 0.838. The van der Waals surface area contributed by atoms with E-state index in [0.717, 1.165) is 5.56 Å². The van der Waals surface area contributed by atoms with Crippen LogP contribution in [0.15, 0.2) is 36.4 Å². The SMILES string of the molecule is Cc1cccc(OCC(=O)Nc2cc(Cl)c(N)c(Cl)c2)c1. The van der Waals surface area contributed by atoms with Crippen LogP contribution in [-0.2, 0) is 4.79 Å². The first kappa shape index (κ1) is 15.5. The van der Waals surface area contributed by atoms with Gasteiger partial charge in [-0.1, -0.05) is 35.3 Å². The van der Waals surface area contributed by atoms with Crippen molar-refractivity contribution >= 4 is 40.5 Å². The molecule has 0 aliphatic heterocycles. The van der Waals surface area contributed by atoms with Crippen LogP contribution in [0.2, 0.25) is 10.0 Å². The van der Waals surface area contributed by atoms with Crippen LogP contribution in [0.3, 0.4) is 0 Å². The fourth-order valence-electron chi connectivity index (χ4n) is 1.71. The molecule has 110 valence electrons. The van der Waals surface area contributed by atoms with Crippen LogP contribution in [0.5, 0.6) is 5.75 Å². The summed E-state index contributed by atoms with van der Waals surface area (Å²) in [6, 6.07) is 10.5. The highest BCUT2D eigenvalue weighted by Gasteiger charge is 2.08. The zero-order chi connectivity index (χ0) is 15.4. The molecule has 3 N–H and O–H groups in total. The topological polar surface area (TPSA) is 64.3 Å². The Kier molecular flexibility index (Phi) is 4.94. The third-order valence-electron chi connectivity index (χ3n) is 2.72. The van der Waals surface area contributed by atoms with Gasteiger partial charge in [0.15, 0.2) is 6.61 Å². The lowest BCUT2D eigenvalue weighted by Gasteiger charge is -2.10. The molecule has 2 rings (SSSR count). The van der Waals surface area contributed by atoms with E-state index in [1.54, 1.807) is 6.07 Å². The Morgan fingerprint density at radius 1 is 1.24 bits per heavy atom. The molecule has 0 saturated heterocycles. The van der Waals surface area contributed by atoms with Crippen LogP contribution in [0.1, 0.15) is 5.56 Å². The van der Waals surface area contributed by atoms with Crippen LogP contribution < -0.4 is 15.8 Å². The molecular weight excluding hydrogens is 311 g/mol. The molecule has 4 nitrogen and oxygen atoms in total. The number of halogens is 2. The van der Waals surface area contributed by atoms with Crippen molar-refractivity contribution in [3.05, 3.63) is 52.0 Å². The molecule has 0 aliphatic carbocycles. The largest absolute Gasteiger partial charge is 0.484 e. The fraction of sp³-hybridized carbons (Fsp3) is 0.133. The van der Waals surface area contributed by atoms with Crippen molar-refractivity contribution in [3.8, 4) is 5.75 Å². The van der Waals surface area contributed by atoms with Gasteiger partial charge in [0, 0.05) is 5.69 Å². The van der Waals surface area contributed by atoms with Crippen LogP contribution in [0.25, 0.3) is 0 Å². The molecule has 1 amide bonds. The van der Waals surface area contributed by atoms with E-state index in [2.05, 4.69) is 5.32 Å². The Balaban J connectivity index is 1.96. The lowest BCUT2D eigenvalue weighted by molar-refractivity contribution is -0.118. The van der Waals surface area contributed by atoms with Crippen molar-refractivity contribution in [1.82, 2.24) is 0 Å². The lowest BCUT2D eigenvalue weighted by atomic mass is 10.2. The first-order valence-electron chi connectivity index (χ1n) is 6.19. The molecule has 2 aromatic rings. The number of carbonyl (C=O) groups is 1. The maximum Gasteiger partial charge on any atom is 0.262 e. The third kappa shape index (κ3) is 4.28. The standard InChI is InChI=1S/C15H14Cl2N2O2/c1-9-3-2-4-11(5-9)21-8-14(20)19-10-6-12(16)15(18)13(17)7-10/h2-7H,8,18H2,1H3,(H,19,20). The number of rotatable bonds is 4. The first-order chi connectivity index (χ1) is 9.95. The average Bonchev–Trinajstić information content (AvgIpc) is 2.42. The maximum absolute atomic E-state index is 11.8. The molecule has 0 spiro atoms. The Hall–Kier alpha value is -1.91. The summed E-state index contributed by atoms with van der Waals surface area (Å²) in [4.78, 5) is 11.8. The Morgan fingerprint density at radius 2 is 1.90 bits per heavy atom. The van der Waals surface area contributed by atoms with Crippen LogP contribution in [0.4, 0.5) is 11.4 Å². The molecule has 0 bridgehead atoms. The van der Waals surface area contributed by atoms with Crippen LogP contribution >= 0.6 is 23.2 Å². The molecule has 21 heavy (non-hydrogen) atoms. The van der Waals surface area contributed by atoms with Crippen molar-refractivity contribution in [2.45, 2.75) is 6.92 Å². The minimum absolute atomic E-state index is 0.108. The zero-order valence-electron chi connectivity index (χ0n) is 11.3. The molecule has 2 aromatic carbocycles. The molecule has 0 fully saturated rings. The smallest absolute Gasteiger partial charge is 0.262 e. The molecule has 6 heteroatoms. The molecule has 0 aromatic heterocycles. The number of amides is 1. The van der Waals surface area contributed by atoms with E-state index >= 15 is 0 Å². The van der Waals surface area contributed by atoms with Gasteiger partial charge in [-0.2, -0.15) is 0 Å². The number of ether oxygens (including phenoxy) is 1. The summed E-state index contributed by atoms with van der Waals surface area (Å²) >= 11 is 11.8. The van der Waals surface area contributed by atoms with Gasteiger partial charge in [-0.05, 0) is 36.8 Å². The van der Waals surface area contributed by atoms with E-state index in [1.807, 2.05) is 25.1 Å². The van der Waals surface area contributed by atoms with Gasteiger partial charge >= 0.3 is 0 Å². The normalized spacial score (nSPS) is 10.2. The second kappa shape index (κ2) is 6.70. The average molecular weight is 325 g/mol. The van der Waals surface area contributed by atoms with Gasteiger partial charge in [0.1, 0.15) is 5.75 Å². The van der Waals surface area contributed by atoms with Gasteiger partial charge in [-0.25, -0.2) is 0 Å². The van der Waals surface area contributed by atoms with Crippen molar-refractivity contribution in [2.24, 2.45) is 0 Å². The monoisotopic (exact) mass is 324 g/mol. The van der Waals surface area contributed by atoms with E-state index < -0.39 is 0 Å². The van der Waals surface area contributed by atoms with Crippen molar-refractivity contribution in [3.63, 3.8) is 0 Å². The Bertz CT molecular complexity index is 651. The summed E-state index contributed by atoms with van der Waals surface area (Å²) in [6.07, 6.45) is 0. The molecular formula is C15H14Cl2N2O2. The summed E-state index contributed by atoms with van der Waals surface area (Å²) < 4.78 is 5.40. The van der Waals surface area contributed by atoms with E-state index in [4.69, 9.17) is 33.7 Å². The number of nitrogens with one attached hydrogen (secondary N) is 1. The predicted molar refractivity (Wildman–Crippen MR) is 86.2 cm³/mol. The Morgan fingerprint density at radius 3 is 2.52 bits per heavy atom. The summed E-state index contributed by atoms with van der Waals surface area (Å²) in [6.45, 7) is 1.84. The van der Waals surface area contributed by atoms with Crippen molar-refractivity contribution in [2.75, 3.05) is 17.7 Å². The van der Waals surface area contributed by atoms with Gasteiger partial charge in [-0.3, -0.25) is 4.79 Å². The summed E-state index contributed by atoms with van der Waals surface area (Å²) in [5.41, 5.74) is 7.44. The highest BCUT2D eigenvalue weighted by Crippen LogP contribution is 2.31. The highest BCUT2D eigenvalue weighted by atomic mass is 35.5. The number of hydrogen-bond acceptors (Lipinski definition) is 3. The molecule has 0 saturated carbocycles. The van der Waals surface area contributed by atoms with E-state index in [9.17, 15) is 4.79 Å². The summed E-state index contributed by atoms with van der Waals surface area (Å²) in [7, 11) is 0. The number of aryl methyl sites for hydroxylation is 1. The number of benzene rings is 2. The van der Waals surface area contributed by atoms with E-state index in [0.29, 0.717) is 11.4 Å². The molecule has 0 atom stereocenters. The highest BCUT2D eigenvalue weighted by molar-refractivity contribution is 6.39. The lowest BCUT2D eigenvalue weighted by Crippen LogP contribution is -2.20. The summed E-state index contributed by atoms with van der Waals surface area (Å²) in [5, 5.41) is 3.23. The van der Waals surface area contributed by atoms with Gasteiger partial charge in [-0.15, -0.1) is 0 Å². The van der Waals surface area contributed by atoms with Gasteiger partial charge in [0.25, 0.3) is 5.91 Å². The molecule has 0 unspecified atom stereocenters. The predicted octanol–water partition coefficient (Wildman–Crippen LogP) is 3.90. The van der Waals surface area contributed by atoms with Crippen LogP contribution in [-0.4, -0.2) is 12.5 Å². The van der Waals surface area contributed by atoms with Crippen molar-refractivity contribution in [1.29, 1.82) is 0 Å². The zero-order valence-corrected chi connectivity index (χ0v) is 12.8. The van der Waals surface area contributed by atoms with Gasteiger partial charge < -0.3 is 15.8 Å². The second-order valence-corrected chi connectivity index (χ2v) is 5.32. The van der Waals surface area contributed by atoms with Gasteiger partial charge in [0.05, 0.1) is 15.7 Å². The number of hydrogen-bond donors (Lipinski definition) is 2. The van der Waals surface area contributed by atoms with E-state index in [1.165, 1.54) is 12.1 Å². The maximum atomic E-state index is 11.8. The Labute approximate surface area is 132 Å². The number of nitrogen functional groups attached to an aromatic ring is 1. The number of nitrogens with two attached hydrogens (primary N) is 1. The molecule has 0 radical (unpaired) electrons. The van der Waals surface area contributed by atoms with E-state index in [-0.39, 0.29) is 28.2 Å². The minimum atomic E-state index is -0.312. The first-order valence-corrected chi connectivity index (χ1v) is 6.95. The van der Waals surface area contributed by atoms with Gasteiger partial charge in [0.2, 0.25) is 0 Å². The molecule has 0 heterocycles. The summed E-state index contributed by atoms with van der Waals surface area (Å²) in [5.74, 6) is 0.326. The fourth-order valence-corrected chi connectivity index (χ4v) is 2.19. The van der Waals surface area contributed by atoms with Crippen LogP contribution in [0, 0.1) is 6.92 Å². The number of carbonyl (C=O) groups excluding carboxylic acids is 1. The third-order valence-corrected chi connectivity index (χ3v) is 3.35. The molecule has 0 aliphatic rings. The minimum Gasteiger partial charge on any atom is -0.484 e.